The number of rotatable bonds is 9. The van der Waals surface area contributed by atoms with Gasteiger partial charge in [-0.3, -0.25) is 18.4 Å². The van der Waals surface area contributed by atoms with Crippen molar-refractivity contribution in [1.82, 2.24) is 44.4 Å². The van der Waals surface area contributed by atoms with Crippen molar-refractivity contribution in [3.05, 3.63) is 132 Å². The Labute approximate surface area is 471 Å². The number of hydrogen-bond acceptors (Lipinski definition) is 15. The van der Waals surface area contributed by atoms with Crippen molar-refractivity contribution in [1.29, 1.82) is 0 Å². The summed E-state index contributed by atoms with van der Waals surface area (Å²) >= 11 is 0. The van der Waals surface area contributed by atoms with Gasteiger partial charge in [-0.1, -0.05) is 46.7 Å². The van der Waals surface area contributed by atoms with Gasteiger partial charge in [-0.25, -0.2) is 14.8 Å². The molecular weight excluding hydrogens is 1290 g/mol. The summed E-state index contributed by atoms with van der Waals surface area (Å²) in [5, 5.41) is 16.6. The first-order chi connectivity index (χ1) is 43.0. The first-order valence-corrected chi connectivity index (χ1v) is 21.1. The largest absolute Gasteiger partial charge is 0.453 e. The Balaban J connectivity index is -0.000000383. The van der Waals surface area contributed by atoms with Gasteiger partial charge >= 0.3 is 6.09 Å². The molecule has 10 rings (SSSR count). The van der Waals surface area contributed by atoms with Crippen molar-refractivity contribution in [3.8, 4) is 22.8 Å². The minimum atomic E-state index is -0.927. The normalized spacial score (nSPS) is 11.3. The van der Waals surface area contributed by atoms with Gasteiger partial charge in [0.1, 0.15) is 28.2 Å². The van der Waals surface area contributed by atoms with Gasteiger partial charge < -0.3 is 44.9 Å². The molecule has 496 valence electrons. The summed E-state index contributed by atoms with van der Waals surface area (Å²) in [5.74, 6) is 0.720. The second kappa shape index (κ2) is 51.8. The molecule has 2 aromatic carbocycles. The minimum absolute atomic E-state index is 0.193. The second-order valence-electron chi connectivity index (χ2n) is 14.8. The number of imidazole rings is 2. The van der Waals surface area contributed by atoms with Gasteiger partial charge in [-0.2, -0.15) is 9.97 Å². The van der Waals surface area contributed by atoms with E-state index in [1.165, 1.54) is 13.3 Å². The molecule has 2 aliphatic rings. The molecular formula is C42H38F26N12O8. The number of fused-ring (bicyclic) bond motifs is 2. The third-order valence-electron chi connectivity index (χ3n) is 10.4. The first-order valence-electron chi connectivity index (χ1n) is 21.1. The zero-order chi connectivity index (χ0) is 69.0. The number of halogens is 26. The maximum Gasteiger partial charge on any atom is 0.407 e. The van der Waals surface area contributed by atoms with Crippen molar-refractivity contribution in [3.63, 3.8) is 0 Å². The number of methoxy groups -OCH3 is 1. The maximum absolute atomic E-state index is 12.9. The van der Waals surface area contributed by atoms with E-state index in [0.717, 1.165) is 11.1 Å². The van der Waals surface area contributed by atoms with Gasteiger partial charge in [0, 0.05) is 154 Å². The molecule has 46 heteroatoms. The number of ether oxygens (including phenoxy) is 3. The van der Waals surface area contributed by atoms with Crippen molar-refractivity contribution >= 4 is 40.6 Å². The van der Waals surface area contributed by atoms with E-state index in [1.807, 2.05) is 80.6 Å². The molecule has 8 aromatic rings. The molecule has 0 bridgehead atoms. The van der Waals surface area contributed by atoms with Crippen molar-refractivity contribution in [2.45, 2.75) is 24.9 Å². The Kier molecular flexibility index (Phi) is 51.3. The van der Waals surface area contributed by atoms with Crippen LogP contribution >= 0.6 is 0 Å². The van der Waals surface area contributed by atoms with E-state index in [2.05, 4.69) is 50.9 Å². The number of nitrogens with one attached hydrogen (secondary N) is 3. The van der Waals surface area contributed by atoms with E-state index in [1.54, 1.807) is 33.5 Å². The number of hydrogen-bond donors (Lipinski definition) is 4. The Morgan fingerprint density at radius 2 is 0.864 bits per heavy atom. The number of benzene rings is 2. The number of aryl methyl sites for hydroxylation is 2. The predicted molar refractivity (Wildman–Crippen MR) is 249 cm³/mol. The molecule has 20 nitrogen and oxygen atoms in total. The number of carbonyl (C=O) groups is 3. The molecule has 0 radical (unpaired) electrons. The highest BCUT2D eigenvalue weighted by Gasteiger charge is 2.47. The van der Waals surface area contributed by atoms with Crippen LogP contribution < -0.4 is 21.7 Å². The molecule has 0 saturated carbocycles. The SMILES string of the molecule is COC(=O)NC1(c2nc(-c3ccc(C)c(NC(=O)c4cnc5ccccn45)c3)no2)COC1.Cc1ccc(-c2noc(C3(N)COC3)n2)cc1NC(=O)c1cnc2ccccn12.FF.FF.FF.FF.FF.FF.FF.FF.FF.FF.FF.FF.FF. The number of pyridine rings is 2. The lowest BCUT2D eigenvalue weighted by Gasteiger charge is -2.37. The van der Waals surface area contributed by atoms with Crippen LogP contribution in [-0.2, 0) is 25.3 Å². The lowest BCUT2D eigenvalue weighted by atomic mass is 9.97. The fourth-order valence-electron chi connectivity index (χ4n) is 6.69. The number of nitrogens with zero attached hydrogens (tertiary/aromatic N) is 8. The average Bonchev–Trinajstić information content (AvgIpc) is 4.02. The van der Waals surface area contributed by atoms with Crippen molar-refractivity contribution < 1.29 is 157 Å². The smallest absolute Gasteiger partial charge is 0.407 e. The molecule has 0 aliphatic carbocycles. The number of nitrogens with two attached hydrogens (primary N) is 1. The summed E-state index contributed by atoms with van der Waals surface area (Å²) in [7, 11) is 1.27. The van der Waals surface area contributed by atoms with Gasteiger partial charge in [0.05, 0.1) is 45.9 Å². The number of amides is 3. The number of aromatic nitrogens is 8. The van der Waals surface area contributed by atoms with Crippen LogP contribution in [0.1, 0.15) is 43.9 Å². The lowest BCUT2D eigenvalue weighted by molar-refractivity contribution is -0.0894. The van der Waals surface area contributed by atoms with Crippen LogP contribution in [0, 0.1) is 13.8 Å². The molecule has 2 aliphatic heterocycles. The molecule has 0 spiro atoms. The van der Waals surface area contributed by atoms with E-state index < -0.39 is 17.2 Å². The summed E-state index contributed by atoms with van der Waals surface area (Å²) in [6, 6.07) is 22.1. The van der Waals surface area contributed by atoms with E-state index in [-0.39, 0.29) is 30.9 Å². The zero-order valence-corrected chi connectivity index (χ0v) is 43.3. The molecule has 0 unspecified atom stereocenters. The molecule has 8 heterocycles. The predicted octanol–water partition coefficient (Wildman–Crippen LogP) is 15.6. The van der Waals surface area contributed by atoms with E-state index in [0.29, 0.717) is 75.9 Å². The van der Waals surface area contributed by atoms with Gasteiger partial charge in [-0.05, 0) is 61.4 Å². The fourth-order valence-corrected chi connectivity index (χ4v) is 6.69. The standard InChI is InChI=1S/C22H20N6O5.C20H18N6O3.13F2/c1-13-6-7-14(18-25-20(33-27-18)22(11-32-12-22)26-21(30)31-2)9-15(13)24-19(29)16-10-23-17-5-3-4-8-28(16)17;1-12-5-6-13(17-24-19(29-25-17)20(21)10-28-11-20)8-14(12)23-18(27)15-9-22-16-4-2-3-7-26(15)16;13*1-2/h3-10H,11-12H2,1-2H3,(H,24,29)(H,26,30);2-9H,10-11,21H2,1H3,(H,23,27);;;;;;;;;;;;;. The Bertz CT molecular complexity index is 3060. The lowest BCUT2D eigenvalue weighted by Crippen LogP contribution is -2.59. The van der Waals surface area contributed by atoms with E-state index in [9.17, 15) is 14.4 Å². The Morgan fingerprint density at radius 1 is 0.511 bits per heavy atom. The number of alkyl carbamates (subject to hydrolysis) is 1. The number of anilines is 2. The van der Waals surface area contributed by atoms with Gasteiger partial charge in [0.15, 0.2) is 5.54 Å². The van der Waals surface area contributed by atoms with Gasteiger partial charge in [0.2, 0.25) is 11.6 Å². The highest BCUT2D eigenvalue weighted by Crippen LogP contribution is 2.32. The summed E-state index contributed by atoms with van der Waals surface area (Å²) < 4.78 is 237. The van der Waals surface area contributed by atoms with Crippen LogP contribution in [0.4, 0.5) is 135 Å². The molecule has 2 saturated heterocycles. The third kappa shape index (κ3) is 24.4. The minimum Gasteiger partial charge on any atom is -0.453 e. The van der Waals surface area contributed by atoms with Gasteiger partial charge in [-0.15, -0.1) is 0 Å². The van der Waals surface area contributed by atoms with E-state index in [4.69, 9.17) is 143 Å². The summed E-state index contributed by atoms with van der Waals surface area (Å²) in [4.78, 5) is 54.8. The van der Waals surface area contributed by atoms with Crippen molar-refractivity contribution in [2.75, 3.05) is 44.2 Å². The quantitative estimate of drug-likeness (QED) is 0.0980. The van der Waals surface area contributed by atoms with Crippen LogP contribution in [0.3, 0.4) is 0 Å². The van der Waals surface area contributed by atoms with Crippen LogP contribution in [0.25, 0.3) is 34.1 Å². The maximum atomic E-state index is 12.9. The monoisotopic (exact) mass is 1330 g/mol. The van der Waals surface area contributed by atoms with Crippen LogP contribution in [0.2, 0.25) is 0 Å². The third-order valence-corrected chi connectivity index (χ3v) is 10.4. The summed E-state index contributed by atoms with van der Waals surface area (Å²) in [5.41, 5.74) is 11.1. The molecule has 88 heavy (non-hydrogen) atoms. The van der Waals surface area contributed by atoms with Gasteiger partial charge in [0.25, 0.3) is 23.6 Å². The molecule has 6 aromatic heterocycles. The van der Waals surface area contributed by atoms with Crippen molar-refractivity contribution in [2.24, 2.45) is 5.73 Å². The average molecular weight is 1330 g/mol. The molecule has 5 N–H and O–H groups in total. The van der Waals surface area contributed by atoms with Crippen LogP contribution in [0.5, 0.6) is 0 Å². The number of carbonyl (C=O) groups excluding carboxylic acids is 3. The Morgan fingerprint density at radius 3 is 1.19 bits per heavy atom. The first kappa shape index (κ1) is 87.1. The molecule has 3 amide bonds. The highest BCUT2D eigenvalue weighted by atomic mass is 20.0. The highest BCUT2D eigenvalue weighted by molar-refractivity contribution is 6.05. The fraction of sp³-hybridized carbons (Fsp3) is 0.214. The molecule has 0 atom stereocenters. The van der Waals surface area contributed by atoms with Crippen LogP contribution in [-0.4, -0.2) is 90.5 Å². The Hall–Kier alpha value is -9.63. The summed E-state index contributed by atoms with van der Waals surface area (Å²) in [6.07, 6.45) is 6.05. The zero-order valence-electron chi connectivity index (χ0n) is 43.3. The van der Waals surface area contributed by atoms with E-state index >= 15 is 0 Å². The second-order valence-corrected chi connectivity index (χ2v) is 14.8. The topological polar surface area (TPSA) is 253 Å². The molecule has 2 fully saturated rings. The summed E-state index contributed by atoms with van der Waals surface area (Å²) in [6.45, 7) is 4.88. The van der Waals surface area contributed by atoms with Crippen LogP contribution in [0.15, 0.2) is 107 Å².